The normalized spacial score (nSPS) is 13.5. The predicted octanol–water partition coefficient (Wildman–Crippen LogP) is 2.26. The van der Waals surface area contributed by atoms with E-state index in [0.29, 0.717) is 25.2 Å². The van der Waals surface area contributed by atoms with Gasteiger partial charge >= 0.3 is 0 Å². The van der Waals surface area contributed by atoms with Gasteiger partial charge in [0.1, 0.15) is 29.1 Å². The molecule has 40 heavy (non-hydrogen) atoms. The van der Waals surface area contributed by atoms with Gasteiger partial charge in [0.05, 0.1) is 6.04 Å². The highest BCUT2D eigenvalue weighted by Crippen LogP contribution is 2.26. The summed E-state index contributed by atoms with van der Waals surface area (Å²) in [6.07, 6.45) is 1.92. The van der Waals surface area contributed by atoms with Crippen molar-refractivity contribution in [3.63, 3.8) is 0 Å². The molecule has 4 N–H and O–H groups in total. The van der Waals surface area contributed by atoms with Crippen molar-refractivity contribution in [2.75, 3.05) is 17.2 Å². The predicted molar refractivity (Wildman–Crippen MR) is 152 cm³/mol. The van der Waals surface area contributed by atoms with E-state index in [1.807, 2.05) is 62.1 Å². The van der Waals surface area contributed by atoms with Crippen LogP contribution in [0.4, 0.5) is 11.4 Å². The summed E-state index contributed by atoms with van der Waals surface area (Å²) in [5.74, 6) is -0.835. The fourth-order valence-corrected chi connectivity index (χ4v) is 4.89. The van der Waals surface area contributed by atoms with E-state index in [1.54, 1.807) is 0 Å². The van der Waals surface area contributed by atoms with Gasteiger partial charge in [-0.3, -0.25) is 19.2 Å². The Morgan fingerprint density at radius 1 is 0.950 bits per heavy atom. The monoisotopic (exact) mass is 538 g/mol. The minimum absolute atomic E-state index is 0.0227. The molecular formula is C30H30N6O4. The summed E-state index contributed by atoms with van der Waals surface area (Å²) >= 11 is 0. The van der Waals surface area contributed by atoms with Crippen molar-refractivity contribution in [2.24, 2.45) is 0 Å². The number of nitrogens with zero attached hydrogens (tertiary/aromatic N) is 3. The van der Waals surface area contributed by atoms with Crippen LogP contribution in [0.1, 0.15) is 67.3 Å². The Kier molecular flexibility index (Phi) is 7.17. The van der Waals surface area contributed by atoms with Crippen LogP contribution in [0.2, 0.25) is 0 Å². The zero-order valence-electron chi connectivity index (χ0n) is 22.6. The molecule has 0 saturated carbocycles. The van der Waals surface area contributed by atoms with Crippen molar-refractivity contribution < 1.29 is 9.59 Å². The SMILES string of the molecule is Cc1ccc([C@H](C)NC(=O)c2cc(C(=O)NCc3ccc4c(c3)CN(c3c(N)c(=O)c3=O)CC4)ncn2)cc1C. The second-order valence-corrected chi connectivity index (χ2v) is 10.2. The van der Waals surface area contributed by atoms with Gasteiger partial charge in [0.25, 0.3) is 22.7 Å². The number of carbonyl (C=O) groups is 2. The fourth-order valence-electron chi connectivity index (χ4n) is 4.89. The molecule has 0 spiro atoms. The van der Waals surface area contributed by atoms with Crippen LogP contribution in [-0.4, -0.2) is 28.3 Å². The molecule has 1 aromatic heterocycles. The van der Waals surface area contributed by atoms with Crippen LogP contribution >= 0.6 is 0 Å². The van der Waals surface area contributed by atoms with E-state index in [4.69, 9.17) is 5.73 Å². The van der Waals surface area contributed by atoms with Crippen molar-refractivity contribution in [3.8, 4) is 0 Å². The first-order chi connectivity index (χ1) is 19.1. The van der Waals surface area contributed by atoms with E-state index >= 15 is 0 Å². The van der Waals surface area contributed by atoms with Crippen molar-refractivity contribution in [3.05, 3.63) is 114 Å². The Hall–Kier alpha value is -4.86. The first-order valence-electron chi connectivity index (χ1n) is 13.0. The maximum Gasteiger partial charge on any atom is 0.270 e. The highest BCUT2D eigenvalue weighted by atomic mass is 16.2. The van der Waals surface area contributed by atoms with Gasteiger partial charge in [-0.2, -0.15) is 0 Å². The molecule has 2 heterocycles. The van der Waals surface area contributed by atoms with E-state index < -0.39 is 22.7 Å². The molecule has 0 radical (unpaired) electrons. The number of nitrogens with two attached hydrogens (primary N) is 1. The summed E-state index contributed by atoms with van der Waals surface area (Å²) in [6, 6.07) is 13.1. The number of aromatic nitrogens is 2. The van der Waals surface area contributed by atoms with Crippen LogP contribution in [0.15, 0.2) is 58.4 Å². The lowest BCUT2D eigenvalue weighted by molar-refractivity contribution is 0.0934. The van der Waals surface area contributed by atoms with Crippen molar-refractivity contribution in [1.82, 2.24) is 20.6 Å². The van der Waals surface area contributed by atoms with Gasteiger partial charge in [-0.05, 0) is 60.6 Å². The standard InChI is InChI=1S/C30H30N6O4/c1-16-4-6-21(10-17(16)2)18(3)35-30(40)24-12-23(33-15-34-24)29(39)32-13-19-5-7-20-8-9-36(14-22(20)11-19)26-25(31)27(37)28(26)38/h4-7,10-12,15,18H,8-9,13-14,31H2,1-3H3,(H,32,39)(H,35,40)/t18-/m0/s1. The molecule has 1 aliphatic heterocycles. The minimum Gasteiger partial charge on any atom is -0.394 e. The number of rotatable bonds is 7. The Balaban J connectivity index is 1.21. The van der Waals surface area contributed by atoms with Crippen molar-refractivity contribution in [2.45, 2.75) is 46.3 Å². The second kappa shape index (κ2) is 10.7. The summed E-state index contributed by atoms with van der Waals surface area (Å²) in [5, 5.41) is 5.76. The highest BCUT2D eigenvalue weighted by Gasteiger charge is 2.27. The Bertz CT molecular complexity index is 1710. The topological polar surface area (TPSA) is 147 Å². The smallest absolute Gasteiger partial charge is 0.270 e. The number of nitrogens with one attached hydrogen (secondary N) is 2. The summed E-state index contributed by atoms with van der Waals surface area (Å²) in [7, 11) is 0. The average Bonchev–Trinajstić information content (AvgIpc) is 2.96. The zero-order valence-corrected chi connectivity index (χ0v) is 22.6. The van der Waals surface area contributed by atoms with E-state index in [9.17, 15) is 19.2 Å². The van der Waals surface area contributed by atoms with Crippen LogP contribution < -0.4 is 32.1 Å². The number of hydrogen-bond donors (Lipinski definition) is 3. The Labute approximate surface area is 231 Å². The fraction of sp³-hybridized carbons (Fsp3) is 0.267. The quantitative estimate of drug-likeness (QED) is 0.304. The number of amides is 2. The van der Waals surface area contributed by atoms with Gasteiger partial charge in [0.2, 0.25) is 0 Å². The molecule has 0 saturated heterocycles. The summed E-state index contributed by atoms with van der Waals surface area (Å²) < 4.78 is 0. The van der Waals surface area contributed by atoms with Crippen LogP contribution in [0.5, 0.6) is 0 Å². The summed E-state index contributed by atoms with van der Waals surface area (Å²) in [5.41, 5.74) is 11.4. The number of aryl methyl sites for hydroxylation is 2. The van der Waals surface area contributed by atoms with Crippen LogP contribution in [0.25, 0.3) is 0 Å². The van der Waals surface area contributed by atoms with E-state index in [1.165, 1.54) is 18.0 Å². The maximum absolute atomic E-state index is 12.9. The molecule has 204 valence electrons. The Morgan fingerprint density at radius 3 is 2.42 bits per heavy atom. The molecular weight excluding hydrogens is 508 g/mol. The molecule has 1 aliphatic rings. The summed E-state index contributed by atoms with van der Waals surface area (Å²) in [6.45, 7) is 7.25. The van der Waals surface area contributed by atoms with Crippen LogP contribution in [0, 0.1) is 13.8 Å². The third-order valence-corrected chi connectivity index (χ3v) is 7.48. The number of fused-ring (bicyclic) bond motifs is 1. The molecule has 1 atom stereocenters. The number of hydrogen-bond acceptors (Lipinski definition) is 8. The number of anilines is 2. The molecule has 0 unspecified atom stereocenters. The first kappa shape index (κ1) is 26.7. The lowest BCUT2D eigenvalue weighted by atomic mass is 9.96. The zero-order chi connectivity index (χ0) is 28.6. The van der Waals surface area contributed by atoms with Gasteiger partial charge in [-0.1, -0.05) is 36.4 Å². The van der Waals surface area contributed by atoms with Gasteiger partial charge in [-0.15, -0.1) is 0 Å². The lowest BCUT2D eigenvalue weighted by Gasteiger charge is -2.32. The number of benzene rings is 2. The first-order valence-corrected chi connectivity index (χ1v) is 13.0. The molecule has 4 aromatic rings. The molecule has 0 fully saturated rings. The van der Waals surface area contributed by atoms with Gasteiger partial charge in [0, 0.05) is 25.7 Å². The van der Waals surface area contributed by atoms with Gasteiger partial charge < -0.3 is 21.3 Å². The third kappa shape index (κ3) is 5.20. The molecule has 0 bridgehead atoms. The number of carbonyl (C=O) groups excluding carboxylic acids is 2. The lowest BCUT2D eigenvalue weighted by Crippen LogP contribution is -2.44. The molecule has 0 aliphatic carbocycles. The molecule has 2 amide bonds. The summed E-state index contributed by atoms with van der Waals surface area (Å²) in [4.78, 5) is 59.1. The maximum atomic E-state index is 12.9. The van der Waals surface area contributed by atoms with Crippen LogP contribution in [0.3, 0.4) is 0 Å². The molecule has 10 heteroatoms. The van der Waals surface area contributed by atoms with Crippen molar-refractivity contribution >= 4 is 23.2 Å². The van der Waals surface area contributed by atoms with Gasteiger partial charge in [0.15, 0.2) is 0 Å². The molecule has 3 aromatic carbocycles. The van der Waals surface area contributed by atoms with Crippen molar-refractivity contribution in [1.29, 1.82) is 0 Å². The largest absolute Gasteiger partial charge is 0.394 e. The highest BCUT2D eigenvalue weighted by molar-refractivity contribution is 5.97. The van der Waals surface area contributed by atoms with Crippen LogP contribution in [-0.2, 0) is 19.5 Å². The number of nitrogen functional groups attached to an aromatic ring is 1. The minimum atomic E-state index is -0.626. The van der Waals surface area contributed by atoms with E-state index in [-0.39, 0.29) is 29.7 Å². The van der Waals surface area contributed by atoms with E-state index in [0.717, 1.165) is 27.8 Å². The van der Waals surface area contributed by atoms with Gasteiger partial charge in [-0.25, -0.2) is 9.97 Å². The second-order valence-electron chi connectivity index (χ2n) is 10.2. The van der Waals surface area contributed by atoms with E-state index in [2.05, 4.69) is 20.6 Å². The third-order valence-electron chi connectivity index (χ3n) is 7.48. The average molecular weight is 539 g/mol. The molecule has 10 nitrogen and oxygen atoms in total. The Morgan fingerprint density at radius 2 is 1.70 bits per heavy atom. The molecule has 5 rings (SSSR count).